The van der Waals surface area contributed by atoms with Gasteiger partial charge in [-0.15, -0.1) is 11.8 Å². The first-order valence-electron chi connectivity index (χ1n) is 2.94. The summed E-state index contributed by atoms with van der Waals surface area (Å²) in [7, 11) is 0. The molecule has 0 unspecified atom stereocenters. The van der Waals surface area contributed by atoms with Crippen LogP contribution in [-0.4, -0.2) is 29.8 Å². The largest absolute Gasteiger partial charge is 0.465 e. The molecule has 0 bridgehead atoms. The number of hydrogen-bond acceptors (Lipinski definition) is 3. The fourth-order valence-electron chi connectivity index (χ4n) is 0.357. The van der Waals surface area contributed by atoms with Crippen molar-refractivity contribution in [2.24, 2.45) is 0 Å². The van der Waals surface area contributed by atoms with Gasteiger partial charge in [-0.3, -0.25) is 0 Å². The van der Waals surface area contributed by atoms with E-state index in [1.807, 2.05) is 0 Å². The van der Waals surface area contributed by atoms with E-state index in [0.29, 0.717) is 5.75 Å². The van der Waals surface area contributed by atoms with Gasteiger partial charge < -0.3 is 15.2 Å². The normalized spacial score (nSPS) is 9.82. The molecule has 0 heterocycles. The summed E-state index contributed by atoms with van der Waals surface area (Å²) in [5, 5.41) is 11.9. The number of aldehydes is 1. The minimum Gasteiger partial charge on any atom is -0.465 e. The Morgan fingerprint density at radius 2 is 2.36 bits per heavy atom. The number of carbonyl (C=O) groups excluding carboxylic acids is 1. The Hall–Kier alpha value is -0.970. The highest BCUT2D eigenvalue weighted by Gasteiger charge is 1.86. The topological polar surface area (TPSA) is 66.4 Å². The fraction of sp³-hybridized carbons (Fsp3) is 0.333. The van der Waals surface area contributed by atoms with Gasteiger partial charge in [0.2, 0.25) is 0 Å². The molecule has 0 atom stereocenters. The van der Waals surface area contributed by atoms with Crippen LogP contribution in [0.15, 0.2) is 11.5 Å². The van der Waals surface area contributed by atoms with Crippen molar-refractivity contribution in [2.45, 2.75) is 0 Å². The number of amides is 1. The zero-order chi connectivity index (χ0) is 8.53. The van der Waals surface area contributed by atoms with Crippen LogP contribution in [0.3, 0.4) is 0 Å². The summed E-state index contributed by atoms with van der Waals surface area (Å²) in [6.45, 7) is 0.279. The van der Waals surface area contributed by atoms with E-state index in [-0.39, 0.29) is 6.54 Å². The highest BCUT2D eigenvalue weighted by molar-refractivity contribution is 8.02. The molecular formula is C6H9NO3S. The summed E-state index contributed by atoms with van der Waals surface area (Å²) < 4.78 is 0. The van der Waals surface area contributed by atoms with Gasteiger partial charge in [0, 0.05) is 6.54 Å². The summed E-state index contributed by atoms with van der Waals surface area (Å²) in [5.74, 6) is 0.406. The molecule has 0 aliphatic heterocycles. The van der Waals surface area contributed by atoms with Crippen LogP contribution >= 0.6 is 11.8 Å². The third kappa shape index (κ3) is 9.03. The first-order valence-corrected chi connectivity index (χ1v) is 3.99. The van der Waals surface area contributed by atoms with Crippen molar-refractivity contribution in [3.63, 3.8) is 0 Å². The summed E-state index contributed by atoms with van der Waals surface area (Å²) in [6, 6.07) is 0. The predicted molar refractivity (Wildman–Crippen MR) is 43.7 cm³/mol. The summed E-state index contributed by atoms with van der Waals surface area (Å²) in [5.41, 5.74) is 0. The monoisotopic (exact) mass is 175 g/mol. The minimum atomic E-state index is -1.05. The second-order valence-corrected chi connectivity index (χ2v) is 2.50. The number of carboxylic acid groups (broad SMARTS) is 1. The smallest absolute Gasteiger partial charge is 0.404 e. The van der Waals surface area contributed by atoms with Crippen molar-refractivity contribution in [3.05, 3.63) is 11.5 Å². The molecule has 0 radical (unpaired) electrons. The molecule has 1 amide bonds. The van der Waals surface area contributed by atoms with Crippen LogP contribution in [0.25, 0.3) is 0 Å². The summed E-state index contributed by atoms with van der Waals surface area (Å²) in [4.78, 5) is 19.7. The molecule has 0 aliphatic carbocycles. The van der Waals surface area contributed by atoms with E-state index in [2.05, 4.69) is 5.32 Å². The van der Waals surface area contributed by atoms with E-state index in [4.69, 9.17) is 5.11 Å². The highest BCUT2D eigenvalue weighted by atomic mass is 32.2. The van der Waals surface area contributed by atoms with E-state index in [0.717, 1.165) is 6.29 Å². The maximum Gasteiger partial charge on any atom is 0.404 e. The summed E-state index contributed by atoms with van der Waals surface area (Å²) in [6.07, 6.45) is 1.39. The molecule has 62 valence electrons. The zero-order valence-corrected chi connectivity index (χ0v) is 6.63. The molecule has 0 spiro atoms. The van der Waals surface area contributed by atoms with Crippen molar-refractivity contribution in [1.29, 1.82) is 0 Å². The number of thioether (sulfide) groups is 1. The molecule has 0 aromatic carbocycles. The fourth-order valence-corrected chi connectivity index (χ4v) is 0.779. The second kappa shape index (κ2) is 7.14. The minimum absolute atomic E-state index is 0.279. The van der Waals surface area contributed by atoms with E-state index in [9.17, 15) is 9.59 Å². The maximum absolute atomic E-state index is 9.88. The van der Waals surface area contributed by atoms with Gasteiger partial charge in [0.1, 0.15) is 6.29 Å². The number of carbonyl (C=O) groups is 2. The number of hydrogen-bond donors (Lipinski definition) is 2. The third-order valence-corrected chi connectivity index (χ3v) is 1.44. The van der Waals surface area contributed by atoms with E-state index in [1.165, 1.54) is 11.8 Å². The van der Waals surface area contributed by atoms with Crippen molar-refractivity contribution < 1.29 is 14.7 Å². The van der Waals surface area contributed by atoms with Gasteiger partial charge in [0.15, 0.2) is 0 Å². The van der Waals surface area contributed by atoms with Crippen molar-refractivity contribution in [2.75, 3.05) is 12.3 Å². The third-order valence-electron chi connectivity index (χ3n) is 0.728. The van der Waals surface area contributed by atoms with Gasteiger partial charge in [-0.25, -0.2) is 4.79 Å². The second-order valence-electron chi connectivity index (χ2n) is 1.56. The summed E-state index contributed by atoms with van der Waals surface area (Å²) >= 11 is 1.32. The van der Waals surface area contributed by atoms with Crippen LogP contribution in [0.4, 0.5) is 4.79 Å². The van der Waals surface area contributed by atoms with Crippen molar-refractivity contribution in [3.8, 4) is 0 Å². The van der Waals surface area contributed by atoms with Gasteiger partial charge in [-0.2, -0.15) is 0 Å². The van der Waals surface area contributed by atoms with Gasteiger partial charge in [0.25, 0.3) is 0 Å². The molecule has 5 heteroatoms. The molecule has 0 rings (SSSR count). The SMILES string of the molecule is O=CCSC=CCNC(=O)O. The molecule has 2 N–H and O–H groups in total. The van der Waals surface area contributed by atoms with Crippen molar-refractivity contribution >= 4 is 24.1 Å². The van der Waals surface area contributed by atoms with Crippen LogP contribution < -0.4 is 5.32 Å². The van der Waals surface area contributed by atoms with Gasteiger partial charge in [0.05, 0.1) is 5.75 Å². The molecule has 4 nitrogen and oxygen atoms in total. The van der Waals surface area contributed by atoms with E-state index >= 15 is 0 Å². The van der Waals surface area contributed by atoms with Crippen molar-refractivity contribution in [1.82, 2.24) is 5.32 Å². The zero-order valence-electron chi connectivity index (χ0n) is 5.82. The lowest BCUT2D eigenvalue weighted by molar-refractivity contribution is -0.105. The van der Waals surface area contributed by atoms with E-state index in [1.54, 1.807) is 11.5 Å². The molecule has 11 heavy (non-hydrogen) atoms. The number of rotatable bonds is 5. The molecule has 0 saturated carbocycles. The standard InChI is InChI=1S/C6H9NO3S/c8-3-5-11-4-1-2-7-6(9)10/h1,3-4,7H,2,5H2,(H,9,10). The lowest BCUT2D eigenvalue weighted by Gasteiger charge is -1.91. The van der Waals surface area contributed by atoms with Crippen LogP contribution in [-0.2, 0) is 4.79 Å². The van der Waals surface area contributed by atoms with E-state index < -0.39 is 6.09 Å². The van der Waals surface area contributed by atoms with Crippen LogP contribution in [0.2, 0.25) is 0 Å². The molecule has 0 saturated heterocycles. The Morgan fingerprint density at radius 1 is 1.64 bits per heavy atom. The van der Waals surface area contributed by atoms with Gasteiger partial charge in [-0.1, -0.05) is 6.08 Å². The lowest BCUT2D eigenvalue weighted by Crippen LogP contribution is -2.20. The van der Waals surface area contributed by atoms with Gasteiger partial charge >= 0.3 is 6.09 Å². The first-order chi connectivity index (χ1) is 5.27. The molecule has 0 fully saturated rings. The molecule has 0 aromatic rings. The van der Waals surface area contributed by atoms with Gasteiger partial charge in [-0.05, 0) is 5.41 Å². The lowest BCUT2D eigenvalue weighted by atomic mass is 10.6. The Bertz CT molecular complexity index is 158. The van der Waals surface area contributed by atoms with Crippen LogP contribution in [0, 0.1) is 0 Å². The predicted octanol–water partition coefficient (Wildman–Crippen LogP) is 0.700. The quantitative estimate of drug-likeness (QED) is 0.477. The average molecular weight is 175 g/mol. The Kier molecular flexibility index (Phi) is 6.51. The Balaban J connectivity index is 3.16. The molecular weight excluding hydrogens is 166 g/mol. The Labute approximate surface area is 68.7 Å². The molecule has 0 aromatic heterocycles. The number of nitrogens with one attached hydrogen (secondary N) is 1. The van der Waals surface area contributed by atoms with Crippen LogP contribution in [0.1, 0.15) is 0 Å². The molecule has 0 aliphatic rings. The average Bonchev–Trinajstić information content (AvgIpc) is 1.96. The maximum atomic E-state index is 9.88. The highest BCUT2D eigenvalue weighted by Crippen LogP contribution is 1.97. The van der Waals surface area contributed by atoms with Crippen LogP contribution in [0.5, 0.6) is 0 Å². The first kappa shape index (κ1) is 10.0. The Morgan fingerprint density at radius 3 is 2.91 bits per heavy atom.